The van der Waals surface area contributed by atoms with Crippen LogP contribution in [0.1, 0.15) is 19.4 Å². The van der Waals surface area contributed by atoms with Crippen LogP contribution in [0.25, 0.3) is 10.9 Å². The number of hydrogen-bond acceptors (Lipinski definition) is 7. The number of aromatic hydroxyl groups is 1. The second-order valence-corrected chi connectivity index (χ2v) is 8.40. The fourth-order valence-corrected chi connectivity index (χ4v) is 3.61. The predicted molar refractivity (Wildman–Crippen MR) is 131 cm³/mol. The quantitative estimate of drug-likeness (QED) is 0.400. The molecule has 1 heterocycles. The van der Waals surface area contributed by atoms with E-state index in [1.165, 1.54) is 31.2 Å². The first-order valence-electron chi connectivity index (χ1n) is 11.2. The molecular formula is C25H30N4O6. The van der Waals surface area contributed by atoms with E-state index in [0.29, 0.717) is 30.0 Å². The highest BCUT2D eigenvalue weighted by Gasteiger charge is 2.24. The molecule has 186 valence electrons. The molecule has 2 aromatic carbocycles. The van der Waals surface area contributed by atoms with Crippen LogP contribution in [0.4, 0.5) is 0 Å². The van der Waals surface area contributed by atoms with Crippen molar-refractivity contribution >= 4 is 22.7 Å². The smallest absolute Gasteiger partial charge is 0.261 e. The van der Waals surface area contributed by atoms with Gasteiger partial charge in [-0.3, -0.25) is 19.0 Å². The molecule has 0 aliphatic heterocycles. The van der Waals surface area contributed by atoms with E-state index in [4.69, 9.17) is 9.47 Å². The van der Waals surface area contributed by atoms with Crippen molar-refractivity contribution in [1.82, 2.24) is 20.2 Å². The van der Waals surface area contributed by atoms with Crippen molar-refractivity contribution in [2.75, 3.05) is 20.8 Å². The number of phenolic OH excluding ortho intramolecular Hbond substituents is 1. The van der Waals surface area contributed by atoms with E-state index in [9.17, 15) is 19.5 Å². The van der Waals surface area contributed by atoms with Crippen LogP contribution in [-0.4, -0.2) is 53.3 Å². The molecule has 0 saturated heterocycles. The molecular weight excluding hydrogens is 452 g/mol. The number of aromatic nitrogens is 2. The zero-order valence-corrected chi connectivity index (χ0v) is 20.2. The number of nitrogens with zero attached hydrogens (tertiary/aromatic N) is 2. The molecule has 3 N–H and O–H groups in total. The molecule has 3 rings (SSSR count). The lowest BCUT2D eigenvalue weighted by Crippen LogP contribution is -2.51. The number of methoxy groups -OCH3 is 2. The maximum absolute atomic E-state index is 12.9. The summed E-state index contributed by atoms with van der Waals surface area (Å²) in [5.74, 6) is 0.0355. The van der Waals surface area contributed by atoms with E-state index in [2.05, 4.69) is 15.6 Å². The first-order chi connectivity index (χ1) is 16.7. The number of phenols is 1. The summed E-state index contributed by atoms with van der Waals surface area (Å²) in [6.45, 7) is 3.74. The number of carbonyl (C=O) groups excluding carboxylic acids is 2. The van der Waals surface area contributed by atoms with E-state index in [0.717, 1.165) is 5.56 Å². The Kier molecular flexibility index (Phi) is 8.30. The molecule has 0 fully saturated rings. The minimum Gasteiger partial charge on any atom is -0.508 e. The Morgan fingerprint density at radius 3 is 2.37 bits per heavy atom. The van der Waals surface area contributed by atoms with Crippen LogP contribution < -0.4 is 25.7 Å². The molecule has 1 atom stereocenters. The van der Waals surface area contributed by atoms with Crippen LogP contribution in [-0.2, 0) is 22.6 Å². The highest BCUT2D eigenvalue weighted by Crippen LogP contribution is 2.29. The van der Waals surface area contributed by atoms with Crippen LogP contribution >= 0.6 is 0 Å². The molecule has 0 aliphatic rings. The van der Waals surface area contributed by atoms with E-state index < -0.39 is 17.5 Å². The van der Waals surface area contributed by atoms with Crippen LogP contribution in [0, 0.1) is 5.92 Å². The molecule has 2 amide bonds. The van der Waals surface area contributed by atoms with Gasteiger partial charge in [0.25, 0.3) is 5.56 Å². The van der Waals surface area contributed by atoms with Gasteiger partial charge in [-0.25, -0.2) is 4.98 Å². The van der Waals surface area contributed by atoms with E-state index >= 15 is 0 Å². The molecule has 0 bridgehead atoms. The standard InChI is InChI=1S/C25H30N4O6/c1-15(2)23(24(32)26-10-9-16-5-7-17(30)8-6-16)28-22(31)13-29-14-27-19-12-21(35-4)20(34-3)11-18(19)25(29)33/h5-8,11-12,14-15,23,30H,9-10,13H2,1-4H3,(H,26,32)(H,28,31)/t23-/m1/s1. The van der Waals surface area contributed by atoms with Crippen LogP contribution in [0.5, 0.6) is 17.2 Å². The number of ether oxygens (including phenoxy) is 2. The van der Waals surface area contributed by atoms with Gasteiger partial charge >= 0.3 is 0 Å². The minimum atomic E-state index is -0.768. The van der Waals surface area contributed by atoms with Gasteiger partial charge in [-0.05, 0) is 36.1 Å². The number of rotatable bonds is 10. The number of hydrogen-bond donors (Lipinski definition) is 3. The lowest BCUT2D eigenvalue weighted by molar-refractivity contribution is -0.130. The number of nitrogens with one attached hydrogen (secondary N) is 2. The molecule has 1 aromatic heterocycles. The molecule has 35 heavy (non-hydrogen) atoms. The zero-order valence-electron chi connectivity index (χ0n) is 20.2. The average molecular weight is 483 g/mol. The summed E-state index contributed by atoms with van der Waals surface area (Å²) >= 11 is 0. The number of amides is 2. The van der Waals surface area contributed by atoms with Gasteiger partial charge in [0.15, 0.2) is 11.5 Å². The lowest BCUT2D eigenvalue weighted by Gasteiger charge is -2.22. The maximum Gasteiger partial charge on any atom is 0.261 e. The van der Waals surface area contributed by atoms with Gasteiger partial charge in [0, 0.05) is 12.6 Å². The third-order valence-electron chi connectivity index (χ3n) is 5.56. The van der Waals surface area contributed by atoms with E-state index in [-0.39, 0.29) is 29.5 Å². The highest BCUT2D eigenvalue weighted by molar-refractivity contribution is 5.88. The fourth-order valence-electron chi connectivity index (χ4n) is 3.61. The zero-order chi connectivity index (χ0) is 25.5. The van der Waals surface area contributed by atoms with Crippen molar-refractivity contribution < 1.29 is 24.2 Å². The maximum atomic E-state index is 12.9. The molecule has 0 aliphatic carbocycles. The summed E-state index contributed by atoms with van der Waals surface area (Å²) in [6.07, 6.45) is 1.87. The molecule has 10 nitrogen and oxygen atoms in total. The molecule has 0 unspecified atom stereocenters. The Hall–Kier alpha value is -4.08. The normalized spacial score (nSPS) is 11.8. The van der Waals surface area contributed by atoms with Gasteiger partial charge in [-0.15, -0.1) is 0 Å². The predicted octanol–water partition coefficient (Wildman–Crippen LogP) is 1.62. The first kappa shape index (κ1) is 25.5. The SMILES string of the molecule is COc1cc2ncn(CC(=O)N[C@@H](C(=O)NCCc3ccc(O)cc3)C(C)C)c(=O)c2cc1OC. The van der Waals surface area contributed by atoms with Gasteiger partial charge in [0.2, 0.25) is 11.8 Å². The lowest BCUT2D eigenvalue weighted by atomic mass is 10.0. The number of fused-ring (bicyclic) bond motifs is 1. The second-order valence-electron chi connectivity index (χ2n) is 8.40. The Labute approximate surface area is 202 Å². The number of carbonyl (C=O) groups is 2. The van der Waals surface area contributed by atoms with Crippen molar-refractivity contribution in [3.05, 3.63) is 58.6 Å². The van der Waals surface area contributed by atoms with Gasteiger partial charge in [0.1, 0.15) is 18.3 Å². The summed E-state index contributed by atoms with van der Waals surface area (Å²) in [7, 11) is 2.96. The molecule has 3 aromatic rings. The molecule has 10 heteroatoms. The summed E-state index contributed by atoms with van der Waals surface area (Å²) in [4.78, 5) is 42.6. The van der Waals surface area contributed by atoms with Crippen molar-refractivity contribution in [3.8, 4) is 17.2 Å². The number of benzene rings is 2. The van der Waals surface area contributed by atoms with Gasteiger partial charge in [-0.1, -0.05) is 26.0 Å². The summed E-state index contributed by atoms with van der Waals surface area (Å²) in [6, 6.07) is 9.09. The molecule has 0 spiro atoms. The Morgan fingerprint density at radius 2 is 1.74 bits per heavy atom. The summed E-state index contributed by atoms with van der Waals surface area (Å²) < 4.78 is 11.7. The van der Waals surface area contributed by atoms with E-state index in [1.54, 1.807) is 30.3 Å². The monoisotopic (exact) mass is 482 g/mol. The summed E-state index contributed by atoms with van der Waals surface area (Å²) in [5.41, 5.74) is 0.966. The second kappa shape index (κ2) is 11.4. The Balaban J connectivity index is 1.66. The topological polar surface area (TPSA) is 132 Å². The third kappa shape index (κ3) is 6.28. The fraction of sp³-hybridized carbons (Fsp3) is 0.360. The highest BCUT2D eigenvalue weighted by atomic mass is 16.5. The van der Waals surface area contributed by atoms with Crippen LogP contribution in [0.15, 0.2) is 47.5 Å². The molecule has 0 saturated carbocycles. The first-order valence-corrected chi connectivity index (χ1v) is 11.2. The Bertz CT molecular complexity index is 1250. The average Bonchev–Trinajstić information content (AvgIpc) is 2.84. The van der Waals surface area contributed by atoms with Crippen LogP contribution in [0.2, 0.25) is 0 Å². The van der Waals surface area contributed by atoms with Gasteiger partial charge in [0.05, 0.1) is 31.4 Å². The third-order valence-corrected chi connectivity index (χ3v) is 5.56. The Morgan fingerprint density at radius 1 is 1.09 bits per heavy atom. The van der Waals surface area contributed by atoms with Crippen molar-refractivity contribution in [2.45, 2.75) is 32.9 Å². The van der Waals surface area contributed by atoms with Crippen molar-refractivity contribution in [3.63, 3.8) is 0 Å². The van der Waals surface area contributed by atoms with Crippen LogP contribution in [0.3, 0.4) is 0 Å². The van der Waals surface area contributed by atoms with Gasteiger partial charge < -0.3 is 25.2 Å². The largest absolute Gasteiger partial charge is 0.508 e. The van der Waals surface area contributed by atoms with Crippen molar-refractivity contribution in [2.24, 2.45) is 5.92 Å². The minimum absolute atomic E-state index is 0.171. The molecule has 0 radical (unpaired) electrons. The van der Waals surface area contributed by atoms with E-state index in [1.807, 2.05) is 13.8 Å². The van der Waals surface area contributed by atoms with Gasteiger partial charge in [-0.2, -0.15) is 0 Å². The van der Waals surface area contributed by atoms with Crippen molar-refractivity contribution in [1.29, 1.82) is 0 Å². The summed E-state index contributed by atoms with van der Waals surface area (Å²) in [5, 5.41) is 15.2.